The molecule has 0 fully saturated rings. The van der Waals surface area contributed by atoms with Crippen molar-refractivity contribution in [2.75, 3.05) is 0 Å². The molecule has 0 saturated carbocycles. The second-order valence-electron chi connectivity index (χ2n) is 3.84. The zero-order valence-corrected chi connectivity index (χ0v) is 10.7. The van der Waals surface area contributed by atoms with E-state index in [0.717, 1.165) is 17.7 Å². The van der Waals surface area contributed by atoms with Gasteiger partial charge < -0.3 is 10.5 Å². The summed E-state index contributed by atoms with van der Waals surface area (Å²) < 4.78 is 5.70. The van der Waals surface area contributed by atoms with Crippen molar-refractivity contribution in [1.29, 1.82) is 0 Å². The minimum atomic E-state index is -0.0301. The molecule has 0 saturated heterocycles. The highest BCUT2D eigenvalue weighted by Crippen LogP contribution is 2.26. The Balaban J connectivity index is 0.00000225. The Morgan fingerprint density at radius 2 is 2.00 bits per heavy atom. The molecule has 3 heteroatoms. The molecule has 2 nitrogen and oxygen atoms in total. The van der Waals surface area contributed by atoms with Crippen molar-refractivity contribution in [3.05, 3.63) is 42.5 Å². The molecule has 0 amide bonds. The number of para-hydroxylation sites is 1. The minimum Gasteiger partial charge on any atom is -0.491 e. The van der Waals surface area contributed by atoms with Crippen LogP contribution in [0.25, 0.3) is 0 Å². The van der Waals surface area contributed by atoms with E-state index in [0.29, 0.717) is 0 Å². The molecule has 1 aromatic carbocycles. The summed E-state index contributed by atoms with van der Waals surface area (Å²) in [4.78, 5) is 0. The van der Waals surface area contributed by atoms with Crippen molar-refractivity contribution in [2.24, 2.45) is 5.73 Å². The van der Waals surface area contributed by atoms with Crippen molar-refractivity contribution >= 4 is 12.4 Å². The Morgan fingerprint density at radius 1 is 1.38 bits per heavy atom. The van der Waals surface area contributed by atoms with Gasteiger partial charge in [-0.2, -0.15) is 0 Å². The summed E-state index contributed by atoms with van der Waals surface area (Å²) in [6.07, 6.45) is 2.76. The van der Waals surface area contributed by atoms with Crippen molar-refractivity contribution < 1.29 is 4.74 Å². The van der Waals surface area contributed by atoms with Crippen molar-refractivity contribution in [1.82, 2.24) is 0 Å². The molecule has 0 aliphatic heterocycles. The lowest BCUT2D eigenvalue weighted by Crippen LogP contribution is -2.13. The van der Waals surface area contributed by atoms with Gasteiger partial charge in [0.1, 0.15) is 5.75 Å². The molecule has 1 atom stereocenters. The molecule has 0 radical (unpaired) electrons. The summed E-state index contributed by atoms with van der Waals surface area (Å²) >= 11 is 0. The third kappa shape index (κ3) is 4.25. The third-order valence-corrected chi connectivity index (χ3v) is 2.10. The first-order valence-corrected chi connectivity index (χ1v) is 5.27. The van der Waals surface area contributed by atoms with E-state index >= 15 is 0 Å². The predicted octanol–water partition coefficient (Wildman–Crippen LogP) is 3.47. The minimum absolute atomic E-state index is 0. The lowest BCUT2D eigenvalue weighted by atomic mass is 10.0. The second kappa shape index (κ2) is 7.31. The van der Waals surface area contributed by atoms with Gasteiger partial charge in [0.25, 0.3) is 0 Å². The van der Waals surface area contributed by atoms with Gasteiger partial charge >= 0.3 is 0 Å². The fourth-order valence-electron chi connectivity index (χ4n) is 1.45. The maximum absolute atomic E-state index is 6.03. The van der Waals surface area contributed by atoms with Crippen LogP contribution in [0.3, 0.4) is 0 Å². The van der Waals surface area contributed by atoms with Gasteiger partial charge in [0.2, 0.25) is 0 Å². The fourth-order valence-corrected chi connectivity index (χ4v) is 1.45. The van der Waals surface area contributed by atoms with Crippen LogP contribution in [0.2, 0.25) is 0 Å². The molecule has 0 aliphatic carbocycles. The quantitative estimate of drug-likeness (QED) is 0.802. The van der Waals surface area contributed by atoms with Crippen molar-refractivity contribution in [3.8, 4) is 5.75 Å². The number of benzene rings is 1. The van der Waals surface area contributed by atoms with Crippen molar-refractivity contribution in [2.45, 2.75) is 32.4 Å². The Kier molecular flexibility index (Phi) is 6.86. The molecule has 1 rings (SSSR count). The van der Waals surface area contributed by atoms with E-state index in [-0.39, 0.29) is 24.6 Å². The predicted molar refractivity (Wildman–Crippen MR) is 71.2 cm³/mol. The van der Waals surface area contributed by atoms with Gasteiger partial charge in [-0.3, -0.25) is 0 Å². The number of rotatable bonds is 5. The average molecular weight is 242 g/mol. The molecule has 90 valence electrons. The summed E-state index contributed by atoms with van der Waals surface area (Å²) in [5.41, 5.74) is 7.08. The number of halogens is 1. The Bertz CT molecular complexity index is 325. The van der Waals surface area contributed by atoms with E-state index in [1.807, 2.05) is 44.2 Å². The molecule has 0 spiro atoms. The Morgan fingerprint density at radius 3 is 2.56 bits per heavy atom. The molecule has 0 aliphatic rings. The largest absolute Gasteiger partial charge is 0.491 e. The highest BCUT2D eigenvalue weighted by molar-refractivity contribution is 5.85. The van der Waals surface area contributed by atoms with Crippen LogP contribution >= 0.6 is 12.4 Å². The maximum atomic E-state index is 6.03. The number of hydrogen-bond acceptors (Lipinski definition) is 2. The normalized spacial score (nSPS) is 11.8. The van der Waals surface area contributed by atoms with Gasteiger partial charge in [0, 0.05) is 11.6 Å². The van der Waals surface area contributed by atoms with Gasteiger partial charge in [-0.25, -0.2) is 0 Å². The molecule has 1 aromatic rings. The summed E-state index contributed by atoms with van der Waals surface area (Å²) in [5, 5.41) is 0. The molecule has 0 aromatic heterocycles. The number of hydrogen-bond donors (Lipinski definition) is 1. The summed E-state index contributed by atoms with van der Waals surface area (Å²) in [5.74, 6) is 0.877. The summed E-state index contributed by atoms with van der Waals surface area (Å²) in [7, 11) is 0. The average Bonchev–Trinajstić information content (AvgIpc) is 2.18. The Hall–Kier alpha value is -0.990. The highest BCUT2D eigenvalue weighted by atomic mass is 35.5. The second-order valence-corrected chi connectivity index (χ2v) is 3.84. The lowest BCUT2D eigenvalue weighted by Gasteiger charge is -2.17. The molecule has 0 heterocycles. The van der Waals surface area contributed by atoms with Gasteiger partial charge in [-0.1, -0.05) is 24.3 Å². The third-order valence-electron chi connectivity index (χ3n) is 2.10. The molecule has 0 bridgehead atoms. The van der Waals surface area contributed by atoms with Gasteiger partial charge in [-0.05, 0) is 26.3 Å². The van der Waals surface area contributed by atoms with Gasteiger partial charge in [0.15, 0.2) is 0 Å². The first-order valence-electron chi connectivity index (χ1n) is 5.27. The van der Waals surface area contributed by atoms with E-state index in [9.17, 15) is 0 Å². The first kappa shape index (κ1) is 15.0. The van der Waals surface area contributed by atoms with Crippen LogP contribution < -0.4 is 10.5 Å². The number of ether oxygens (including phenoxy) is 1. The van der Waals surface area contributed by atoms with Crippen LogP contribution in [0.5, 0.6) is 5.75 Å². The van der Waals surface area contributed by atoms with Crippen molar-refractivity contribution in [3.63, 3.8) is 0 Å². The molecule has 0 unspecified atom stereocenters. The molecular weight excluding hydrogens is 222 g/mol. The Labute approximate surface area is 104 Å². The van der Waals surface area contributed by atoms with Crippen LogP contribution in [0.4, 0.5) is 0 Å². The zero-order valence-electron chi connectivity index (χ0n) is 9.85. The van der Waals surface area contributed by atoms with Crippen LogP contribution in [-0.4, -0.2) is 6.10 Å². The van der Waals surface area contributed by atoms with E-state index in [2.05, 4.69) is 6.58 Å². The maximum Gasteiger partial charge on any atom is 0.124 e. The van der Waals surface area contributed by atoms with Crippen LogP contribution in [-0.2, 0) is 0 Å². The smallest absolute Gasteiger partial charge is 0.124 e. The van der Waals surface area contributed by atoms with Gasteiger partial charge in [-0.15, -0.1) is 19.0 Å². The molecule has 2 N–H and O–H groups in total. The van der Waals surface area contributed by atoms with Gasteiger partial charge in [0.05, 0.1) is 6.10 Å². The molecule has 16 heavy (non-hydrogen) atoms. The first-order chi connectivity index (χ1) is 7.15. The fraction of sp³-hybridized carbons (Fsp3) is 0.385. The zero-order chi connectivity index (χ0) is 11.3. The van der Waals surface area contributed by atoms with Crippen LogP contribution in [0, 0.1) is 0 Å². The highest BCUT2D eigenvalue weighted by Gasteiger charge is 2.10. The van der Waals surface area contributed by atoms with E-state index in [1.165, 1.54) is 0 Å². The van der Waals surface area contributed by atoms with Crippen LogP contribution in [0.15, 0.2) is 36.9 Å². The van der Waals surface area contributed by atoms with E-state index in [4.69, 9.17) is 10.5 Å². The molecular formula is C13H20ClNO. The van der Waals surface area contributed by atoms with Crippen LogP contribution in [0.1, 0.15) is 31.9 Å². The van der Waals surface area contributed by atoms with E-state index in [1.54, 1.807) is 0 Å². The summed E-state index contributed by atoms with van der Waals surface area (Å²) in [6, 6.07) is 7.87. The summed E-state index contributed by atoms with van der Waals surface area (Å²) in [6.45, 7) is 7.72. The van der Waals surface area contributed by atoms with E-state index < -0.39 is 0 Å². The standard InChI is InChI=1S/C13H19NO.ClH/c1-4-7-12(14)11-8-5-6-9-13(11)15-10(2)3;/h4-6,8-10,12H,1,7,14H2,2-3H3;1H/t12-;/m1./s1. The lowest BCUT2D eigenvalue weighted by molar-refractivity contribution is 0.238. The number of nitrogens with two attached hydrogens (primary N) is 1. The SMILES string of the molecule is C=CC[C@@H](N)c1ccccc1OC(C)C.Cl. The topological polar surface area (TPSA) is 35.2 Å². The monoisotopic (exact) mass is 241 g/mol.